The van der Waals surface area contributed by atoms with Crippen LogP contribution >= 0.6 is 0 Å². The molecule has 2 aliphatic rings. The fourth-order valence-corrected chi connectivity index (χ4v) is 5.04. The lowest BCUT2D eigenvalue weighted by molar-refractivity contribution is 0.0951. The molecule has 4 aromatic rings. The maximum atomic E-state index is 12.5. The van der Waals surface area contributed by atoms with Crippen LogP contribution < -0.4 is 15.9 Å². The normalized spacial score (nSPS) is 16.8. The molecular formula is C27H30N6O2. The van der Waals surface area contributed by atoms with Crippen molar-refractivity contribution in [3.8, 4) is 0 Å². The highest BCUT2D eigenvalue weighted by atomic mass is 16.2. The van der Waals surface area contributed by atoms with E-state index < -0.39 is 0 Å². The molecule has 0 spiro atoms. The number of rotatable bonds is 6. The Kier molecular flexibility index (Phi) is 5.53. The van der Waals surface area contributed by atoms with E-state index in [4.69, 9.17) is 0 Å². The highest BCUT2D eigenvalue weighted by Gasteiger charge is 2.25. The van der Waals surface area contributed by atoms with Crippen LogP contribution in [0.1, 0.15) is 41.3 Å². The van der Waals surface area contributed by atoms with Crippen LogP contribution in [0.4, 0.5) is 5.69 Å². The van der Waals surface area contributed by atoms with E-state index in [0.717, 1.165) is 79.7 Å². The second-order valence-electron chi connectivity index (χ2n) is 9.64. The number of amides is 1. The molecule has 0 atom stereocenters. The fourth-order valence-electron chi connectivity index (χ4n) is 5.04. The average molecular weight is 471 g/mol. The topological polar surface area (TPSA) is 85.7 Å². The summed E-state index contributed by atoms with van der Waals surface area (Å²) in [4.78, 5) is 37.3. The lowest BCUT2D eigenvalue weighted by atomic mass is 10.0. The zero-order valence-corrected chi connectivity index (χ0v) is 20.0. The Morgan fingerprint density at radius 2 is 1.97 bits per heavy atom. The summed E-state index contributed by atoms with van der Waals surface area (Å²) in [6, 6.07) is 12.3. The summed E-state index contributed by atoms with van der Waals surface area (Å²) in [5.74, 6) is 0.0432. The minimum absolute atomic E-state index is 0.0432. The Labute approximate surface area is 203 Å². The van der Waals surface area contributed by atoms with Gasteiger partial charge in [0.25, 0.3) is 5.91 Å². The zero-order chi connectivity index (χ0) is 23.9. The van der Waals surface area contributed by atoms with Crippen molar-refractivity contribution in [1.29, 1.82) is 0 Å². The van der Waals surface area contributed by atoms with Crippen LogP contribution in [0.5, 0.6) is 0 Å². The number of nitrogens with one attached hydrogen (secondary N) is 2. The third kappa shape index (κ3) is 4.30. The van der Waals surface area contributed by atoms with E-state index in [2.05, 4.69) is 44.1 Å². The number of aromatic amines is 1. The number of hydrogen-bond donors (Lipinski definition) is 2. The zero-order valence-electron chi connectivity index (χ0n) is 20.0. The number of fused-ring (bicyclic) bond motifs is 3. The Morgan fingerprint density at radius 3 is 2.74 bits per heavy atom. The lowest BCUT2D eigenvalue weighted by Gasteiger charge is -2.37. The second-order valence-corrected chi connectivity index (χ2v) is 9.64. The molecular weight excluding hydrogens is 440 g/mol. The van der Waals surface area contributed by atoms with Gasteiger partial charge in [-0.25, -0.2) is 4.79 Å². The first-order valence-corrected chi connectivity index (χ1v) is 12.5. The fraction of sp³-hybridized carbons (Fsp3) is 0.370. The Balaban J connectivity index is 1.13. The van der Waals surface area contributed by atoms with E-state index in [1.807, 2.05) is 30.5 Å². The molecule has 1 amide bonds. The maximum Gasteiger partial charge on any atom is 0.330 e. The SMILES string of the molecule is CCc1cc(C(=O)NC2CC2)ccc1N1CCN(Cc2cnc3c(c2)[nH]c(=O)n2cccc32)CC1. The molecule has 0 radical (unpaired) electrons. The molecule has 0 unspecified atom stereocenters. The van der Waals surface area contributed by atoms with Gasteiger partial charge in [-0.2, -0.15) is 0 Å². The van der Waals surface area contributed by atoms with Crippen molar-refractivity contribution < 1.29 is 4.79 Å². The van der Waals surface area contributed by atoms with Gasteiger partial charge in [0.15, 0.2) is 0 Å². The van der Waals surface area contributed by atoms with Gasteiger partial charge in [0.1, 0.15) is 5.52 Å². The van der Waals surface area contributed by atoms with Crippen LogP contribution in [0.15, 0.2) is 53.6 Å². The predicted octanol–water partition coefficient (Wildman–Crippen LogP) is 2.95. The number of anilines is 1. The number of benzene rings is 1. The van der Waals surface area contributed by atoms with Crippen molar-refractivity contribution in [2.75, 3.05) is 31.1 Å². The molecule has 3 aromatic heterocycles. The van der Waals surface area contributed by atoms with Crippen LogP contribution in [0.2, 0.25) is 0 Å². The molecule has 1 aliphatic heterocycles. The van der Waals surface area contributed by atoms with Gasteiger partial charge in [0.2, 0.25) is 0 Å². The summed E-state index contributed by atoms with van der Waals surface area (Å²) in [7, 11) is 0. The Hall–Kier alpha value is -3.65. The minimum Gasteiger partial charge on any atom is -0.369 e. The van der Waals surface area contributed by atoms with E-state index in [0.29, 0.717) is 6.04 Å². The molecule has 2 N–H and O–H groups in total. The summed E-state index contributed by atoms with van der Waals surface area (Å²) in [5, 5.41) is 3.09. The Bertz CT molecular complexity index is 1460. The molecule has 1 aromatic carbocycles. The number of hydrogen-bond acceptors (Lipinski definition) is 5. The first kappa shape index (κ1) is 21.9. The van der Waals surface area contributed by atoms with Crippen molar-refractivity contribution in [2.24, 2.45) is 0 Å². The number of piperazine rings is 1. The molecule has 180 valence electrons. The quantitative estimate of drug-likeness (QED) is 0.453. The van der Waals surface area contributed by atoms with Crippen LogP contribution in [0.25, 0.3) is 16.6 Å². The summed E-state index contributed by atoms with van der Waals surface area (Å²) in [6.07, 6.45) is 6.76. The van der Waals surface area contributed by atoms with Gasteiger partial charge in [-0.1, -0.05) is 6.92 Å². The molecule has 2 fully saturated rings. The largest absolute Gasteiger partial charge is 0.369 e. The van der Waals surface area contributed by atoms with Crippen LogP contribution in [0.3, 0.4) is 0 Å². The number of aryl methyl sites for hydroxylation is 1. The first-order chi connectivity index (χ1) is 17.1. The van der Waals surface area contributed by atoms with Gasteiger partial charge < -0.3 is 15.2 Å². The number of carbonyl (C=O) groups excluding carboxylic acids is 1. The lowest BCUT2D eigenvalue weighted by Crippen LogP contribution is -2.46. The highest BCUT2D eigenvalue weighted by molar-refractivity contribution is 5.95. The van der Waals surface area contributed by atoms with E-state index in [1.54, 1.807) is 10.6 Å². The van der Waals surface area contributed by atoms with Gasteiger partial charge in [0, 0.05) is 62.4 Å². The van der Waals surface area contributed by atoms with E-state index in [1.165, 1.54) is 11.3 Å². The van der Waals surface area contributed by atoms with Crippen LogP contribution in [-0.4, -0.2) is 57.4 Å². The smallest absolute Gasteiger partial charge is 0.330 e. The standard InChI is InChI=1S/C27H30N6O2/c1-2-19-15-20(26(34)29-21-6-7-21)5-8-23(19)32-12-10-31(11-13-32)17-18-14-22-25(28-16-18)24-4-3-9-33(24)27(35)30-22/h3-5,8-9,14-16,21H,2,6-7,10-13,17H2,1H3,(H,29,34)(H,30,35). The first-order valence-electron chi connectivity index (χ1n) is 12.5. The van der Waals surface area contributed by atoms with Crippen molar-refractivity contribution in [2.45, 2.75) is 38.8 Å². The maximum absolute atomic E-state index is 12.5. The molecule has 8 nitrogen and oxygen atoms in total. The number of nitrogens with zero attached hydrogens (tertiary/aromatic N) is 4. The van der Waals surface area contributed by atoms with Crippen molar-refractivity contribution in [3.05, 3.63) is 76.0 Å². The van der Waals surface area contributed by atoms with Gasteiger partial charge in [-0.05, 0) is 66.8 Å². The van der Waals surface area contributed by atoms with Crippen LogP contribution in [-0.2, 0) is 13.0 Å². The van der Waals surface area contributed by atoms with Gasteiger partial charge in [-0.3, -0.25) is 19.1 Å². The molecule has 6 rings (SSSR count). The minimum atomic E-state index is -0.146. The molecule has 8 heteroatoms. The Morgan fingerprint density at radius 1 is 1.14 bits per heavy atom. The van der Waals surface area contributed by atoms with Crippen molar-refractivity contribution >= 4 is 28.1 Å². The van der Waals surface area contributed by atoms with Gasteiger partial charge in [0.05, 0.1) is 11.0 Å². The summed E-state index contributed by atoms with van der Waals surface area (Å²) in [6.45, 7) is 6.70. The van der Waals surface area contributed by atoms with Gasteiger partial charge >= 0.3 is 5.69 Å². The number of H-pyrrole nitrogens is 1. The summed E-state index contributed by atoms with van der Waals surface area (Å²) < 4.78 is 1.59. The monoisotopic (exact) mass is 470 g/mol. The predicted molar refractivity (Wildman–Crippen MR) is 137 cm³/mol. The average Bonchev–Trinajstić information content (AvgIpc) is 3.54. The van der Waals surface area contributed by atoms with Crippen LogP contribution in [0, 0.1) is 0 Å². The molecule has 1 aliphatic carbocycles. The van der Waals surface area contributed by atoms with Crippen molar-refractivity contribution in [3.63, 3.8) is 0 Å². The number of pyridine rings is 1. The van der Waals surface area contributed by atoms with E-state index in [9.17, 15) is 9.59 Å². The molecule has 4 heterocycles. The van der Waals surface area contributed by atoms with Crippen molar-refractivity contribution in [1.82, 2.24) is 24.6 Å². The molecule has 0 bridgehead atoms. The molecule has 1 saturated heterocycles. The summed E-state index contributed by atoms with van der Waals surface area (Å²) >= 11 is 0. The number of carbonyl (C=O) groups is 1. The molecule has 35 heavy (non-hydrogen) atoms. The van der Waals surface area contributed by atoms with E-state index >= 15 is 0 Å². The third-order valence-corrected chi connectivity index (χ3v) is 7.15. The molecule has 1 saturated carbocycles. The summed E-state index contributed by atoms with van der Waals surface area (Å²) in [5.41, 5.74) is 6.57. The van der Waals surface area contributed by atoms with E-state index in [-0.39, 0.29) is 11.6 Å². The second kappa shape index (κ2) is 8.85. The number of aromatic nitrogens is 3. The van der Waals surface area contributed by atoms with Gasteiger partial charge in [-0.15, -0.1) is 0 Å². The third-order valence-electron chi connectivity index (χ3n) is 7.15. The highest BCUT2D eigenvalue weighted by Crippen LogP contribution is 2.26.